The number of thioether (sulfide) groups is 1. The molecule has 0 aromatic heterocycles. The quantitative estimate of drug-likeness (QED) is 0.839. The molecular formula is C10H18F3NOS. The molecular weight excluding hydrogens is 239 g/mol. The van der Waals surface area contributed by atoms with E-state index in [9.17, 15) is 18.0 Å². The lowest BCUT2D eigenvalue weighted by Crippen LogP contribution is -2.41. The van der Waals surface area contributed by atoms with E-state index in [1.54, 1.807) is 27.7 Å². The molecule has 0 aromatic rings. The monoisotopic (exact) mass is 257 g/mol. The number of alkyl halides is 3. The Labute approximate surface area is 98.4 Å². The zero-order valence-electron chi connectivity index (χ0n) is 9.94. The van der Waals surface area contributed by atoms with Crippen LogP contribution in [-0.2, 0) is 4.79 Å². The Morgan fingerprint density at radius 1 is 1.31 bits per heavy atom. The van der Waals surface area contributed by atoms with Crippen molar-refractivity contribution in [2.24, 2.45) is 5.41 Å². The Morgan fingerprint density at radius 2 is 1.81 bits per heavy atom. The molecule has 0 saturated carbocycles. The van der Waals surface area contributed by atoms with Gasteiger partial charge in [-0.1, -0.05) is 20.8 Å². The maximum absolute atomic E-state index is 11.8. The van der Waals surface area contributed by atoms with E-state index in [0.717, 1.165) is 11.8 Å². The second-order valence-electron chi connectivity index (χ2n) is 4.75. The summed E-state index contributed by atoms with van der Waals surface area (Å²) in [5.41, 5.74) is -0.511. The second-order valence-corrected chi connectivity index (χ2v) is 5.79. The van der Waals surface area contributed by atoms with Crippen molar-refractivity contribution in [3.8, 4) is 0 Å². The highest BCUT2D eigenvalue weighted by Crippen LogP contribution is 2.21. The predicted molar refractivity (Wildman–Crippen MR) is 60.4 cm³/mol. The first-order valence-corrected chi connectivity index (χ1v) is 6.13. The molecule has 0 aliphatic carbocycles. The molecule has 0 fully saturated rings. The molecule has 0 aliphatic heterocycles. The van der Waals surface area contributed by atoms with Gasteiger partial charge in [0.05, 0.1) is 5.75 Å². The summed E-state index contributed by atoms with van der Waals surface area (Å²) in [6.45, 7) is 6.99. The second kappa shape index (κ2) is 5.80. The third kappa shape index (κ3) is 7.84. The molecule has 0 saturated heterocycles. The first-order valence-electron chi connectivity index (χ1n) is 4.98. The Hall–Kier alpha value is -0.390. The van der Waals surface area contributed by atoms with Crippen LogP contribution < -0.4 is 5.32 Å². The van der Waals surface area contributed by atoms with E-state index < -0.39 is 17.3 Å². The number of hydrogen-bond donors (Lipinski definition) is 1. The maximum atomic E-state index is 11.8. The van der Waals surface area contributed by atoms with Gasteiger partial charge in [0.2, 0.25) is 5.91 Å². The van der Waals surface area contributed by atoms with Gasteiger partial charge in [-0.05, 0) is 6.92 Å². The number of carbonyl (C=O) groups excluding carboxylic acids is 1. The molecule has 0 aliphatic rings. The van der Waals surface area contributed by atoms with Crippen LogP contribution in [0.5, 0.6) is 0 Å². The molecule has 0 rings (SSSR count). The molecule has 1 atom stereocenters. The summed E-state index contributed by atoms with van der Waals surface area (Å²) in [7, 11) is 0. The fourth-order valence-corrected chi connectivity index (χ4v) is 1.62. The van der Waals surface area contributed by atoms with Crippen molar-refractivity contribution < 1.29 is 18.0 Å². The number of amides is 1. The molecule has 1 N–H and O–H groups in total. The fourth-order valence-electron chi connectivity index (χ4n) is 0.833. The van der Waals surface area contributed by atoms with Gasteiger partial charge in [0.1, 0.15) is 0 Å². The predicted octanol–water partition coefficient (Wildman–Crippen LogP) is 2.83. The lowest BCUT2D eigenvalue weighted by atomic mass is 9.95. The number of carbonyl (C=O) groups is 1. The van der Waals surface area contributed by atoms with E-state index in [-0.39, 0.29) is 17.7 Å². The van der Waals surface area contributed by atoms with Crippen LogP contribution in [0.25, 0.3) is 0 Å². The average molecular weight is 257 g/mol. The van der Waals surface area contributed by atoms with Crippen molar-refractivity contribution in [1.82, 2.24) is 5.32 Å². The van der Waals surface area contributed by atoms with Crippen molar-refractivity contribution in [2.45, 2.75) is 39.9 Å². The third-order valence-electron chi connectivity index (χ3n) is 1.69. The Kier molecular flexibility index (Phi) is 5.65. The van der Waals surface area contributed by atoms with Crippen molar-refractivity contribution in [3.05, 3.63) is 0 Å². The van der Waals surface area contributed by atoms with Crippen molar-refractivity contribution in [2.75, 3.05) is 11.5 Å². The lowest BCUT2D eigenvalue weighted by molar-refractivity contribution is -0.128. The van der Waals surface area contributed by atoms with E-state index in [1.807, 2.05) is 0 Å². The standard InChI is InChI=1S/C10H18F3NOS/c1-7(5-16-6-10(11,12)13)14-8(15)9(2,3)4/h7H,5-6H2,1-4H3,(H,14,15)/t7-/m1/s1. The van der Waals surface area contributed by atoms with Gasteiger partial charge < -0.3 is 5.32 Å². The van der Waals surface area contributed by atoms with Crippen LogP contribution in [0, 0.1) is 5.41 Å². The van der Waals surface area contributed by atoms with Gasteiger partial charge in [0.15, 0.2) is 0 Å². The number of nitrogens with one attached hydrogen (secondary N) is 1. The Bertz CT molecular complexity index is 235. The van der Waals surface area contributed by atoms with Crippen LogP contribution in [0.1, 0.15) is 27.7 Å². The number of halogens is 3. The number of hydrogen-bond acceptors (Lipinski definition) is 2. The fraction of sp³-hybridized carbons (Fsp3) is 0.900. The van der Waals surface area contributed by atoms with Gasteiger partial charge in [-0.25, -0.2) is 0 Å². The van der Waals surface area contributed by atoms with Gasteiger partial charge >= 0.3 is 6.18 Å². The largest absolute Gasteiger partial charge is 0.397 e. The molecule has 0 spiro atoms. The summed E-state index contributed by atoms with van der Waals surface area (Å²) in [4.78, 5) is 11.5. The summed E-state index contributed by atoms with van der Waals surface area (Å²) >= 11 is 0.781. The highest BCUT2D eigenvalue weighted by atomic mass is 32.2. The van der Waals surface area contributed by atoms with Crippen LogP contribution in [0.3, 0.4) is 0 Å². The zero-order valence-corrected chi connectivity index (χ0v) is 10.8. The van der Waals surface area contributed by atoms with Gasteiger partial charge in [0.25, 0.3) is 0 Å². The normalized spacial score (nSPS) is 14.7. The molecule has 0 heterocycles. The highest BCUT2D eigenvalue weighted by molar-refractivity contribution is 7.99. The van der Waals surface area contributed by atoms with Gasteiger partial charge in [-0.15, -0.1) is 0 Å². The zero-order chi connectivity index (χ0) is 13.0. The van der Waals surface area contributed by atoms with Crippen LogP contribution >= 0.6 is 11.8 Å². The minimum Gasteiger partial charge on any atom is -0.352 e. The molecule has 1 amide bonds. The average Bonchev–Trinajstić information content (AvgIpc) is 1.99. The molecule has 2 nitrogen and oxygen atoms in total. The van der Waals surface area contributed by atoms with Crippen LogP contribution in [0.4, 0.5) is 13.2 Å². The minimum atomic E-state index is -4.14. The van der Waals surface area contributed by atoms with Crippen molar-refractivity contribution in [3.63, 3.8) is 0 Å². The SMILES string of the molecule is C[C@H](CSCC(F)(F)F)NC(=O)C(C)(C)C. The minimum absolute atomic E-state index is 0.146. The smallest absolute Gasteiger partial charge is 0.352 e. The molecule has 0 radical (unpaired) electrons. The van der Waals surface area contributed by atoms with E-state index in [0.29, 0.717) is 0 Å². The topological polar surface area (TPSA) is 29.1 Å². The molecule has 0 unspecified atom stereocenters. The van der Waals surface area contributed by atoms with Gasteiger partial charge in [-0.3, -0.25) is 4.79 Å². The summed E-state index contributed by atoms with van der Waals surface area (Å²) in [6, 6.07) is -0.251. The molecule has 0 bridgehead atoms. The first kappa shape index (κ1) is 15.6. The maximum Gasteiger partial charge on any atom is 0.397 e. The molecule has 96 valence electrons. The molecule has 0 aromatic carbocycles. The van der Waals surface area contributed by atoms with Crippen molar-refractivity contribution >= 4 is 17.7 Å². The third-order valence-corrected chi connectivity index (χ3v) is 2.96. The summed E-state index contributed by atoms with van der Waals surface area (Å²) in [5, 5.41) is 2.68. The first-order chi connectivity index (χ1) is 7.02. The Balaban J connectivity index is 3.84. The highest BCUT2D eigenvalue weighted by Gasteiger charge is 2.27. The Morgan fingerprint density at radius 3 is 2.19 bits per heavy atom. The number of rotatable bonds is 4. The lowest BCUT2D eigenvalue weighted by Gasteiger charge is -2.21. The van der Waals surface area contributed by atoms with Gasteiger partial charge in [0, 0.05) is 17.2 Å². The van der Waals surface area contributed by atoms with E-state index >= 15 is 0 Å². The van der Waals surface area contributed by atoms with Crippen LogP contribution in [0.2, 0.25) is 0 Å². The van der Waals surface area contributed by atoms with Crippen LogP contribution in [-0.4, -0.2) is 29.6 Å². The van der Waals surface area contributed by atoms with E-state index in [1.165, 1.54) is 0 Å². The summed E-state index contributed by atoms with van der Waals surface area (Å²) in [6.07, 6.45) is -4.14. The summed E-state index contributed by atoms with van der Waals surface area (Å²) < 4.78 is 35.5. The summed E-state index contributed by atoms with van der Waals surface area (Å²) in [5.74, 6) is -0.753. The molecule has 16 heavy (non-hydrogen) atoms. The van der Waals surface area contributed by atoms with Crippen LogP contribution in [0.15, 0.2) is 0 Å². The van der Waals surface area contributed by atoms with Crippen molar-refractivity contribution in [1.29, 1.82) is 0 Å². The van der Waals surface area contributed by atoms with E-state index in [4.69, 9.17) is 0 Å². The van der Waals surface area contributed by atoms with E-state index in [2.05, 4.69) is 5.32 Å². The van der Waals surface area contributed by atoms with Gasteiger partial charge in [-0.2, -0.15) is 24.9 Å². The molecule has 6 heteroatoms.